The van der Waals surface area contributed by atoms with E-state index in [4.69, 9.17) is 0 Å². The molecule has 2 fully saturated rings. The van der Waals surface area contributed by atoms with Crippen LogP contribution in [0.1, 0.15) is 49.7 Å². The third kappa shape index (κ3) is 3.45. The van der Waals surface area contributed by atoms with E-state index in [0.29, 0.717) is 6.04 Å². The molecule has 1 saturated carbocycles. The molecule has 1 aromatic carbocycles. The third-order valence-electron chi connectivity index (χ3n) is 5.22. The van der Waals surface area contributed by atoms with Crippen LogP contribution < -0.4 is 10.6 Å². The molecule has 0 spiro atoms. The zero-order chi connectivity index (χ0) is 14.8. The van der Waals surface area contributed by atoms with E-state index in [2.05, 4.69) is 52.5 Å². The van der Waals surface area contributed by atoms with Gasteiger partial charge < -0.3 is 10.6 Å². The van der Waals surface area contributed by atoms with Crippen LogP contribution in [-0.2, 0) is 0 Å². The lowest BCUT2D eigenvalue weighted by Crippen LogP contribution is -2.43. The Bertz CT molecular complexity index is 471. The molecule has 1 aromatic rings. The lowest BCUT2D eigenvalue weighted by atomic mass is 9.79. The van der Waals surface area contributed by atoms with Gasteiger partial charge in [-0.05, 0) is 75.3 Å². The van der Waals surface area contributed by atoms with Gasteiger partial charge in [0.1, 0.15) is 0 Å². The van der Waals surface area contributed by atoms with Crippen LogP contribution in [-0.4, -0.2) is 18.6 Å². The fourth-order valence-corrected chi connectivity index (χ4v) is 4.37. The molecule has 21 heavy (non-hydrogen) atoms. The first-order chi connectivity index (χ1) is 10.1. The minimum absolute atomic E-state index is 0.634. The number of hydrogen-bond donors (Lipinski definition) is 2. The van der Waals surface area contributed by atoms with Gasteiger partial charge in [0, 0.05) is 22.2 Å². The minimum atomic E-state index is 0.634. The first kappa shape index (κ1) is 15.4. The SMILES string of the molecule is Cc1cc(NC2CCCCC2C2CCCN2)cc(C)c1Br. The standard InChI is InChI=1S/C18H27BrN2/c1-12-10-14(11-13(2)18(12)19)21-17-7-4-3-6-15(17)16-8-5-9-20-16/h10-11,15-17,20-21H,3-9H2,1-2H3. The number of aryl methyl sites for hydroxylation is 2. The first-order valence-electron chi connectivity index (χ1n) is 8.42. The van der Waals surface area contributed by atoms with Crippen molar-refractivity contribution in [2.24, 2.45) is 5.92 Å². The number of nitrogens with one attached hydrogen (secondary N) is 2. The van der Waals surface area contributed by atoms with Crippen LogP contribution in [0.5, 0.6) is 0 Å². The maximum atomic E-state index is 3.86. The topological polar surface area (TPSA) is 24.1 Å². The van der Waals surface area contributed by atoms with E-state index in [-0.39, 0.29) is 0 Å². The fourth-order valence-electron chi connectivity index (χ4n) is 4.14. The van der Waals surface area contributed by atoms with Gasteiger partial charge >= 0.3 is 0 Å². The zero-order valence-corrected chi connectivity index (χ0v) is 14.8. The summed E-state index contributed by atoms with van der Waals surface area (Å²) in [6.45, 7) is 5.57. The van der Waals surface area contributed by atoms with Crippen LogP contribution in [0.15, 0.2) is 16.6 Å². The average Bonchev–Trinajstić information content (AvgIpc) is 2.99. The van der Waals surface area contributed by atoms with E-state index >= 15 is 0 Å². The molecule has 1 aliphatic carbocycles. The summed E-state index contributed by atoms with van der Waals surface area (Å²) in [4.78, 5) is 0. The summed E-state index contributed by atoms with van der Waals surface area (Å²) in [6, 6.07) is 5.94. The molecule has 0 bridgehead atoms. The molecule has 3 atom stereocenters. The van der Waals surface area contributed by atoms with Crippen LogP contribution in [0.3, 0.4) is 0 Å². The van der Waals surface area contributed by atoms with Gasteiger partial charge in [-0.25, -0.2) is 0 Å². The molecule has 1 heterocycles. The summed E-state index contributed by atoms with van der Waals surface area (Å²) in [6.07, 6.45) is 8.18. The Morgan fingerprint density at radius 2 is 1.76 bits per heavy atom. The van der Waals surface area contributed by atoms with Crippen molar-refractivity contribution in [2.45, 2.75) is 64.5 Å². The van der Waals surface area contributed by atoms with Gasteiger partial charge in [-0.2, -0.15) is 0 Å². The summed E-state index contributed by atoms with van der Waals surface area (Å²) in [5.41, 5.74) is 3.94. The smallest absolute Gasteiger partial charge is 0.0348 e. The molecule has 0 amide bonds. The van der Waals surface area contributed by atoms with Crippen LogP contribution >= 0.6 is 15.9 Å². The third-order valence-corrected chi connectivity index (χ3v) is 6.47. The Balaban J connectivity index is 1.75. The highest BCUT2D eigenvalue weighted by atomic mass is 79.9. The van der Waals surface area contributed by atoms with E-state index in [1.54, 1.807) is 0 Å². The molecule has 1 aliphatic heterocycles. The van der Waals surface area contributed by atoms with E-state index in [9.17, 15) is 0 Å². The van der Waals surface area contributed by atoms with Gasteiger partial charge in [0.15, 0.2) is 0 Å². The molecule has 3 rings (SSSR count). The van der Waals surface area contributed by atoms with Crippen LogP contribution in [0, 0.1) is 19.8 Å². The molecule has 1 saturated heterocycles. The van der Waals surface area contributed by atoms with E-state index in [1.807, 2.05) is 0 Å². The molecular formula is C18H27BrN2. The van der Waals surface area contributed by atoms with Gasteiger partial charge in [-0.3, -0.25) is 0 Å². The van der Waals surface area contributed by atoms with Crippen molar-refractivity contribution in [1.29, 1.82) is 0 Å². The lowest BCUT2D eigenvalue weighted by Gasteiger charge is -2.37. The number of benzene rings is 1. The summed E-state index contributed by atoms with van der Waals surface area (Å²) in [5.74, 6) is 0.797. The quantitative estimate of drug-likeness (QED) is 0.818. The predicted molar refractivity (Wildman–Crippen MR) is 94.0 cm³/mol. The number of hydrogen-bond acceptors (Lipinski definition) is 2. The molecule has 2 aliphatic rings. The zero-order valence-electron chi connectivity index (χ0n) is 13.2. The molecule has 2 N–H and O–H groups in total. The van der Waals surface area contributed by atoms with Crippen molar-refractivity contribution in [3.8, 4) is 0 Å². The molecule has 116 valence electrons. The average molecular weight is 351 g/mol. The molecule has 2 nitrogen and oxygen atoms in total. The van der Waals surface area contributed by atoms with Crippen molar-refractivity contribution in [3.05, 3.63) is 27.7 Å². The maximum absolute atomic E-state index is 3.86. The van der Waals surface area contributed by atoms with Crippen LogP contribution in [0.2, 0.25) is 0 Å². The Morgan fingerprint density at radius 1 is 1.05 bits per heavy atom. The Hall–Kier alpha value is -0.540. The van der Waals surface area contributed by atoms with E-state index in [1.165, 1.54) is 66.4 Å². The molecular weight excluding hydrogens is 324 g/mol. The van der Waals surface area contributed by atoms with Crippen molar-refractivity contribution < 1.29 is 0 Å². The summed E-state index contributed by atoms with van der Waals surface area (Å²) in [5, 5.41) is 7.58. The lowest BCUT2D eigenvalue weighted by molar-refractivity contribution is 0.263. The van der Waals surface area contributed by atoms with E-state index in [0.717, 1.165) is 12.0 Å². The Morgan fingerprint density at radius 3 is 2.43 bits per heavy atom. The normalized spacial score (nSPS) is 29.6. The summed E-state index contributed by atoms with van der Waals surface area (Å²) in [7, 11) is 0. The van der Waals surface area contributed by atoms with Crippen molar-refractivity contribution in [1.82, 2.24) is 5.32 Å². The van der Waals surface area contributed by atoms with Crippen molar-refractivity contribution in [2.75, 3.05) is 11.9 Å². The largest absolute Gasteiger partial charge is 0.382 e. The van der Waals surface area contributed by atoms with E-state index < -0.39 is 0 Å². The summed E-state index contributed by atoms with van der Waals surface area (Å²) < 4.78 is 1.24. The Kier molecular flexibility index (Phi) is 4.90. The molecule has 0 radical (unpaired) electrons. The van der Waals surface area contributed by atoms with Gasteiger partial charge in [0.2, 0.25) is 0 Å². The number of rotatable bonds is 3. The molecule has 3 unspecified atom stereocenters. The summed E-state index contributed by atoms with van der Waals surface area (Å²) >= 11 is 3.67. The van der Waals surface area contributed by atoms with Gasteiger partial charge in [0.25, 0.3) is 0 Å². The highest BCUT2D eigenvalue weighted by Crippen LogP contribution is 2.33. The second-order valence-corrected chi connectivity index (χ2v) is 7.62. The highest BCUT2D eigenvalue weighted by molar-refractivity contribution is 9.10. The Labute approximate surface area is 137 Å². The monoisotopic (exact) mass is 350 g/mol. The van der Waals surface area contributed by atoms with Crippen molar-refractivity contribution >= 4 is 21.6 Å². The molecule has 3 heteroatoms. The highest BCUT2D eigenvalue weighted by Gasteiger charge is 2.33. The number of halogens is 1. The number of anilines is 1. The van der Waals surface area contributed by atoms with Crippen LogP contribution in [0.4, 0.5) is 5.69 Å². The maximum Gasteiger partial charge on any atom is 0.0348 e. The first-order valence-corrected chi connectivity index (χ1v) is 9.21. The van der Waals surface area contributed by atoms with Gasteiger partial charge in [-0.15, -0.1) is 0 Å². The predicted octanol–water partition coefficient (Wildman–Crippen LogP) is 4.79. The van der Waals surface area contributed by atoms with Gasteiger partial charge in [0.05, 0.1) is 0 Å². The second kappa shape index (κ2) is 6.70. The minimum Gasteiger partial charge on any atom is -0.382 e. The fraction of sp³-hybridized carbons (Fsp3) is 0.667. The second-order valence-electron chi connectivity index (χ2n) is 6.83. The molecule has 0 aromatic heterocycles. The van der Waals surface area contributed by atoms with Gasteiger partial charge in [-0.1, -0.05) is 28.8 Å². The van der Waals surface area contributed by atoms with Crippen LogP contribution in [0.25, 0.3) is 0 Å². The van der Waals surface area contributed by atoms with Crippen molar-refractivity contribution in [3.63, 3.8) is 0 Å².